The van der Waals surface area contributed by atoms with Gasteiger partial charge >= 0.3 is 0 Å². The van der Waals surface area contributed by atoms with Crippen LogP contribution in [0.15, 0.2) is 66.7 Å². The molecule has 1 heterocycles. The van der Waals surface area contributed by atoms with Gasteiger partial charge in [0, 0.05) is 24.1 Å². The van der Waals surface area contributed by atoms with Crippen molar-refractivity contribution in [1.29, 1.82) is 0 Å². The number of aliphatic hydroxyl groups is 1. The highest BCUT2D eigenvalue weighted by atomic mass is 16.5. The maximum absolute atomic E-state index is 12.8. The molecule has 0 aliphatic heterocycles. The summed E-state index contributed by atoms with van der Waals surface area (Å²) in [4.78, 5) is 17.5. The van der Waals surface area contributed by atoms with E-state index in [0.717, 1.165) is 38.7 Å². The standard InChI is InChI=1S/C24H22N2O3/c1-29-19-10-9-16-13-18(8-7-17(16)14-19)23-15-21(24(28)25-11-4-12-27)20-5-2-3-6-22(20)26-23/h2-3,5-10,13-15,27H,4,11-12H2,1H3,(H,25,28). The van der Waals surface area contributed by atoms with E-state index in [4.69, 9.17) is 14.8 Å². The Morgan fingerprint density at radius 2 is 1.83 bits per heavy atom. The molecule has 146 valence electrons. The van der Waals surface area contributed by atoms with Crippen LogP contribution in [0, 0.1) is 0 Å². The first-order chi connectivity index (χ1) is 14.2. The minimum Gasteiger partial charge on any atom is -0.497 e. The number of nitrogens with one attached hydrogen (secondary N) is 1. The molecule has 1 aromatic heterocycles. The fraction of sp³-hybridized carbons (Fsp3) is 0.167. The van der Waals surface area contributed by atoms with E-state index in [2.05, 4.69) is 11.4 Å². The molecule has 0 fully saturated rings. The van der Waals surface area contributed by atoms with Crippen LogP contribution in [0.25, 0.3) is 32.9 Å². The second kappa shape index (κ2) is 8.29. The van der Waals surface area contributed by atoms with E-state index in [1.54, 1.807) is 7.11 Å². The van der Waals surface area contributed by atoms with Crippen LogP contribution in [0.2, 0.25) is 0 Å². The van der Waals surface area contributed by atoms with Gasteiger partial charge in [-0.2, -0.15) is 0 Å². The lowest BCUT2D eigenvalue weighted by Crippen LogP contribution is -2.25. The second-order valence-corrected chi connectivity index (χ2v) is 6.83. The number of amides is 1. The van der Waals surface area contributed by atoms with Crippen molar-refractivity contribution in [1.82, 2.24) is 10.3 Å². The third kappa shape index (κ3) is 3.91. The number of aliphatic hydroxyl groups excluding tert-OH is 1. The van der Waals surface area contributed by atoms with Gasteiger partial charge in [0.1, 0.15) is 5.75 Å². The van der Waals surface area contributed by atoms with Crippen LogP contribution in [0.1, 0.15) is 16.8 Å². The van der Waals surface area contributed by atoms with Gasteiger partial charge in [0.15, 0.2) is 0 Å². The third-order valence-corrected chi connectivity index (χ3v) is 4.92. The van der Waals surface area contributed by atoms with Gasteiger partial charge in [-0.3, -0.25) is 4.79 Å². The summed E-state index contributed by atoms with van der Waals surface area (Å²) in [5.41, 5.74) is 3.04. The molecule has 4 aromatic rings. The van der Waals surface area contributed by atoms with Gasteiger partial charge in [0.2, 0.25) is 0 Å². The van der Waals surface area contributed by atoms with Gasteiger partial charge in [-0.25, -0.2) is 4.98 Å². The fourth-order valence-electron chi connectivity index (χ4n) is 3.40. The highest BCUT2D eigenvalue weighted by molar-refractivity contribution is 6.07. The zero-order valence-corrected chi connectivity index (χ0v) is 16.2. The lowest BCUT2D eigenvalue weighted by Gasteiger charge is -2.11. The number of rotatable bonds is 6. The van der Waals surface area contributed by atoms with E-state index >= 15 is 0 Å². The van der Waals surface area contributed by atoms with Crippen molar-refractivity contribution in [3.8, 4) is 17.0 Å². The van der Waals surface area contributed by atoms with E-state index in [-0.39, 0.29) is 12.5 Å². The van der Waals surface area contributed by atoms with Crippen molar-refractivity contribution in [2.45, 2.75) is 6.42 Å². The number of para-hydroxylation sites is 1. The van der Waals surface area contributed by atoms with Crippen molar-refractivity contribution in [2.75, 3.05) is 20.3 Å². The lowest BCUT2D eigenvalue weighted by atomic mass is 10.0. The Bertz CT molecular complexity index is 1190. The van der Waals surface area contributed by atoms with E-state index in [0.29, 0.717) is 18.5 Å². The molecule has 4 rings (SSSR count). The van der Waals surface area contributed by atoms with Gasteiger partial charge < -0.3 is 15.2 Å². The Balaban J connectivity index is 1.79. The number of hydrogen-bond acceptors (Lipinski definition) is 4. The van der Waals surface area contributed by atoms with E-state index in [9.17, 15) is 4.79 Å². The maximum Gasteiger partial charge on any atom is 0.252 e. The maximum atomic E-state index is 12.8. The van der Waals surface area contributed by atoms with Crippen LogP contribution in [0.5, 0.6) is 5.75 Å². The number of carbonyl (C=O) groups excluding carboxylic acids is 1. The van der Waals surface area contributed by atoms with Crippen LogP contribution < -0.4 is 10.1 Å². The molecule has 0 saturated heterocycles. The van der Waals surface area contributed by atoms with Crippen molar-refractivity contribution < 1.29 is 14.6 Å². The van der Waals surface area contributed by atoms with E-state index in [1.807, 2.05) is 60.7 Å². The molecule has 0 radical (unpaired) electrons. The Hall–Kier alpha value is -3.44. The molecule has 3 aromatic carbocycles. The predicted molar refractivity (Wildman–Crippen MR) is 115 cm³/mol. The molecule has 0 atom stereocenters. The number of carbonyl (C=O) groups is 1. The number of methoxy groups -OCH3 is 1. The van der Waals surface area contributed by atoms with Crippen molar-refractivity contribution in [3.63, 3.8) is 0 Å². The molecule has 5 nitrogen and oxygen atoms in total. The summed E-state index contributed by atoms with van der Waals surface area (Å²) in [6.07, 6.45) is 0.524. The summed E-state index contributed by atoms with van der Waals surface area (Å²) >= 11 is 0. The van der Waals surface area contributed by atoms with Crippen LogP contribution in [-0.2, 0) is 0 Å². The number of ether oxygens (including phenoxy) is 1. The SMILES string of the molecule is COc1ccc2cc(-c3cc(C(=O)NCCCO)c4ccccc4n3)ccc2c1. The normalized spacial score (nSPS) is 11.0. The molecule has 0 aliphatic carbocycles. The molecule has 0 unspecified atom stereocenters. The zero-order chi connectivity index (χ0) is 20.2. The van der Waals surface area contributed by atoms with Gasteiger partial charge in [0.25, 0.3) is 5.91 Å². The van der Waals surface area contributed by atoms with Gasteiger partial charge in [-0.05, 0) is 47.5 Å². The van der Waals surface area contributed by atoms with Crippen molar-refractivity contribution >= 4 is 27.6 Å². The lowest BCUT2D eigenvalue weighted by molar-refractivity contribution is 0.0953. The molecule has 0 aliphatic rings. The molecule has 1 amide bonds. The minimum absolute atomic E-state index is 0.0461. The fourth-order valence-corrected chi connectivity index (χ4v) is 3.40. The predicted octanol–water partition coefficient (Wildman–Crippen LogP) is 4.18. The van der Waals surface area contributed by atoms with Gasteiger partial charge in [-0.1, -0.05) is 36.4 Å². The summed E-state index contributed by atoms with van der Waals surface area (Å²) in [5.74, 6) is 0.653. The Kier molecular flexibility index (Phi) is 5.40. The van der Waals surface area contributed by atoms with Crippen LogP contribution in [-0.4, -0.2) is 36.3 Å². The Labute approximate surface area is 169 Å². The number of aromatic nitrogens is 1. The summed E-state index contributed by atoms with van der Waals surface area (Å²) in [5, 5.41) is 14.8. The van der Waals surface area contributed by atoms with E-state index < -0.39 is 0 Å². The Morgan fingerprint density at radius 1 is 1.03 bits per heavy atom. The molecule has 0 bridgehead atoms. The molecule has 0 saturated carbocycles. The van der Waals surface area contributed by atoms with Gasteiger partial charge in [0.05, 0.1) is 23.9 Å². The van der Waals surface area contributed by atoms with Crippen molar-refractivity contribution in [2.24, 2.45) is 0 Å². The van der Waals surface area contributed by atoms with Gasteiger partial charge in [-0.15, -0.1) is 0 Å². The first-order valence-corrected chi connectivity index (χ1v) is 9.56. The highest BCUT2D eigenvalue weighted by Gasteiger charge is 2.14. The molecular weight excluding hydrogens is 364 g/mol. The summed E-state index contributed by atoms with van der Waals surface area (Å²) in [6, 6.07) is 21.5. The molecule has 29 heavy (non-hydrogen) atoms. The number of fused-ring (bicyclic) bond motifs is 2. The molecule has 0 spiro atoms. The Morgan fingerprint density at radius 3 is 2.66 bits per heavy atom. The monoisotopic (exact) mass is 386 g/mol. The zero-order valence-electron chi connectivity index (χ0n) is 16.2. The first-order valence-electron chi connectivity index (χ1n) is 9.56. The largest absolute Gasteiger partial charge is 0.497 e. The summed E-state index contributed by atoms with van der Waals surface area (Å²) < 4.78 is 5.30. The smallest absolute Gasteiger partial charge is 0.252 e. The number of hydrogen-bond donors (Lipinski definition) is 2. The first kappa shape index (κ1) is 18.9. The van der Waals surface area contributed by atoms with E-state index in [1.165, 1.54) is 0 Å². The average Bonchev–Trinajstić information content (AvgIpc) is 2.77. The van der Waals surface area contributed by atoms with Crippen LogP contribution in [0.4, 0.5) is 0 Å². The quantitative estimate of drug-likeness (QED) is 0.488. The average molecular weight is 386 g/mol. The third-order valence-electron chi connectivity index (χ3n) is 4.92. The molecule has 2 N–H and O–H groups in total. The minimum atomic E-state index is -0.163. The summed E-state index contributed by atoms with van der Waals surface area (Å²) in [7, 11) is 1.65. The van der Waals surface area contributed by atoms with Crippen LogP contribution >= 0.6 is 0 Å². The number of nitrogens with zero attached hydrogens (tertiary/aromatic N) is 1. The summed E-state index contributed by atoms with van der Waals surface area (Å²) in [6.45, 7) is 0.476. The topological polar surface area (TPSA) is 71.5 Å². The highest BCUT2D eigenvalue weighted by Crippen LogP contribution is 2.29. The number of benzene rings is 3. The second-order valence-electron chi connectivity index (χ2n) is 6.83. The van der Waals surface area contributed by atoms with Crippen molar-refractivity contribution in [3.05, 3.63) is 72.3 Å². The van der Waals surface area contributed by atoms with Crippen LogP contribution in [0.3, 0.4) is 0 Å². The molecule has 5 heteroatoms. The number of pyridine rings is 1. The molecular formula is C24H22N2O3.